The number of likely N-dealkylation sites (tertiary alicyclic amines) is 1. The van der Waals surface area contributed by atoms with Crippen LogP contribution >= 0.6 is 0 Å². The lowest BCUT2D eigenvalue weighted by Gasteiger charge is -2.15. The lowest BCUT2D eigenvalue weighted by Crippen LogP contribution is -2.23. The first-order valence-electron chi connectivity index (χ1n) is 7.68. The van der Waals surface area contributed by atoms with Gasteiger partial charge in [0.25, 0.3) is 0 Å². The van der Waals surface area contributed by atoms with Crippen LogP contribution in [-0.4, -0.2) is 37.1 Å². The molecule has 0 radical (unpaired) electrons. The van der Waals surface area contributed by atoms with Gasteiger partial charge in [-0.2, -0.15) is 0 Å². The number of hydrogen-bond donors (Lipinski definition) is 1. The zero-order valence-corrected chi connectivity index (χ0v) is 12.2. The fourth-order valence-corrected chi connectivity index (χ4v) is 2.65. The zero-order chi connectivity index (χ0) is 12.5. The van der Waals surface area contributed by atoms with Crippen molar-refractivity contribution in [2.75, 3.05) is 26.2 Å². The minimum absolute atomic E-state index is 0.644. The second-order valence-electron chi connectivity index (χ2n) is 5.89. The monoisotopic (exact) mass is 240 g/mol. The van der Waals surface area contributed by atoms with Gasteiger partial charge >= 0.3 is 0 Å². The van der Waals surface area contributed by atoms with Crippen molar-refractivity contribution in [1.29, 1.82) is 0 Å². The van der Waals surface area contributed by atoms with Gasteiger partial charge in [0.1, 0.15) is 0 Å². The standard InChI is InChI=1S/C15H32N2/c1-4-15-9-12-17(13-15)11-8-6-5-7-10-16-14(2)3/h14-16H,4-13H2,1-3H3. The van der Waals surface area contributed by atoms with Crippen LogP contribution < -0.4 is 5.32 Å². The summed E-state index contributed by atoms with van der Waals surface area (Å²) in [4.78, 5) is 2.67. The van der Waals surface area contributed by atoms with Gasteiger partial charge in [-0.1, -0.05) is 40.0 Å². The minimum Gasteiger partial charge on any atom is -0.315 e. The fraction of sp³-hybridized carbons (Fsp3) is 1.00. The van der Waals surface area contributed by atoms with Crippen LogP contribution in [0.15, 0.2) is 0 Å². The second-order valence-corrected chi connectivity index (χ2v) is 5.89. The zero-order valence-electron chi connectivity index (χ0n) is 12.2. The topological polar surface area (TPSA) is 15.3 Å². The van der Waals surface area contributed by atoms with E-state index in [0.717, 1.165) is 5.92 Å². The molecule has 1 rings (SSSR count). The lowest BCUT2D eigenvalue weighted by molar-refractivity contribution is 0.313. The lowest BCUT2D eigenvalue weighted by atomic mass is 10.1. The number of nitrogens with zero attached hydrogens (tertiary/aromatic N) is 1. The van der Waals surface area contributed by atoms with E-state index < -0.39 is 0 Å². The van der Waals surface area contributed by atoms with Crippen LogP contribution in [-0.2, 0) is 0 Å². The number of hydrogen-bond acceptors (Lipinski definition) is 2. The SMILES string of the molecule is CCC1CCN(CCCCCCNC(C)C)C1. The number of unbranched alkanes of at least 4 members (excludes halogenated alkanes) is 3. The molecule has 0 bridgehead atoms. The Bertz CT molecular complexity index is 180. The summed E-state index contributed by atoms with van der Waals surface area (Å²) < 4.78 is 0. The summed E-state index contributed by atoms with van der Waals surface area (Å²) in [6.45, 7) is 12.0. The van der Waals surface area contributed by atoms with E-state index in [9.17, 15) is 0 Å². The van der Waals surface area contributed by atoms with Crippen molar-refractivity contribution in [3.63, 3.8) is 0 Å². The minimum atomic E-state index is 0.644. The predicted molar refractivity (Wildman–Crippen MR) is 76.4 cm³/mol. The first-order chi connectivity index (χ1) is 8.22. The fourth-order valence-electron chi connectivity index (χ4n) is 2.65. The van der Waals surface area contributed by atoms with Gasteiger partial charge in [-0.05, 0) is 44.8 Å². The van der Waals surface area contributed by atoms with Crippen molar-refractivity contribution in [1.82, 2.24) is 10.2 Å². The summed E-state index contributed by atoms with van der Waals surface area (Å²) >= 11 is 0. The van der Waals surface area contributed by atoms with Gasteiger partial charge in [-0.25, -0.2) is 0 Å². The highest BCUT2D eigenvalue weighted by Gasteiger charge is 2.19. The van der Waals surface area contributed by atoms with E-state index in [1.54, 1.807) is 0 Å². The molecule has 1 heterocycles. The van der Waals surface area contributed by atoms with Crippen molar-refractivity contribution in [2.45, 2.75) is 65.3 Å². The quantitative estimate of drug-likeness (QED) is 0.622. The van der Waals surface area contributed by atoms with Crippen LogP contribution in [0.4, 0.5) is 0 Å². The van der Waals surface area contributed by atoms with Gasteiger partial charge in [0.05, 0.1) is 0 Å². The maximum atomic E-state index is 3.48. The Morgan fingerprint density at radius 2 is 1.94 bits per heavy atom. The summed E-state index contributed by atoms with van der Waals surface area (Å²) in [6.07, 6.45) is 8.36. The molecule has 1 N–H and O–H groups in total. The van der Waals surface area contributed by atoms with E-state index in [4.69, 9.17) is 0 Å². The van der Waals surface area contributed by atoms with Crippen LogP contribution in [0.1, 0.15) is 59.3 Å². The predicted octanol–water partition coefficient (Wildman–Crippen LogP) is 3.28. The molecule has 1 fully saturated rings. The third-order valence-corrected chi connectivity index (χ3v) is 3.90. The van der Waals surface area contributed by atoms with Crippen molar-refractivity contribution in [2.24, 2.45) is 5.92 Å². The van der Waals surface area contributed by atoms with Crippen molar-refractivity contribution >= 4 is 0 Å². The molecule has 2 heteroatoms. The maximum absolute atomic E-state index is 3.48. The molecular weight excluding hydrogens is 208 g/mol. The Balaban J connectivity index is 1.85. The van der Waals surface area contributed by atoms with Gasteiger partial charge in [0.15, 0.2) is 0 Å². The molecule has 2 nitrogen and oxygen atoms in total. The highest BCUT2D eigenvalue weighted by atomic mass is 15.1. The molecule has 0 amide bonds. The third kappa shape index (κ3) is 7.05. The van der Waals surface area contributed by atoms with E-state index in [1.165, 1.54) is 64.7 Å². The van der Waals surface area contributed by atoms with E-state index in [-0.39, 0.29) is 0 Å². The van der Waals surface area contributed by atoms with Crippen molar-refractivity contribution in [3.05, 3.63) is 0 Å². The summed E-state index contributed by atoms with van der Waals surface area (Å²) in [7, 11) is 0. The average molecular weight is 240 g/mol. The van der Waals surface area contributed by atoms with E-state index in [2.05, 4.69) is 31.0 Å². The first-order valence-corrected chi connectivity index (χ1v) is 7.68. The van der Waals surface area contributed by atoms with Crippen LogP contribution in [0.2, 0.25) is 0 Å². The molecule has 0 saturated carbocycles. The molecule has 102 valence electrons. The van der Waals surface area contributed by atoms with Gasteiger partial charge in [-0.15, -0.1) is 0 Å². The molecule has 0 spiro atoms. The highest BCUT2D eigenvalue weighted by Crippen LogP contribution is 2.19. The Morgan fingerprint density at radius 1 is 1.18 bits per heavy atom. The van der Waals surface area contributed by atoms with Crippen LogP contribution in [0, 0.1) is 5.92 Å². The molecule has 1 aliphatic rings. The molecule has 1 unspecified atom stereocenters. The highest BCUT2D eigenvalue weighted by molar-refractivity contribution is 4.74. The maximum Gasteiger partial charge on any atom is 0.00103 e. The molecule has 0 aromatic rings. The molecule has 0 aliphatic carbocycles. The van der Waals surface area contributed by atoms with E-state index in [1.807, 2.05) is 0 Å². The second kappa shape index (κ2) is 8.93. The summed E-state index contributed by atoms with van der Waals surface area (Å²) in [5.74, 6) is 0.991. The third-order valence-electron chi connectivity index (χ3n) is 3.90. The van der Waals surface area contributed by atoms with Crippen LogP contribution in [0.3, 0.4) is 0 Å². The number of rotatable bonds is 9. The van der Waals surface area contributed by atoms with E-state index in [0.29, 0.717) is 6.04 Å². The molecule has 17 heavy (non-hydrogen) atoms. The van der Waals surface area contributed by atoms with Gasteiger partial charge in [0.2, 0.25) is 0 Å². The van der Waals surface area contributed by atoms with Crippen molar-refractivity contribution < 1.29 is 0 Å². The van der Waals surface area contributed by atoms with Crippen molar-refractivity contribution in [3.8, 4) is 0 Å². The van der Waals surface area contributed by atoms with Crippen LogP contribution in [0.25, 0.3) is 0 Å². The molecule has 1 aliphatic heterocycles. The largest absolute Gasteiger partial charge is 0.315 e. The normalized spacial score (nSPS) is 21.5. The molecular formula is C15H32N2. The van der Waals surface area contributed by atoms with Gasteiger partial charge in [-0.3, -0.25) is 0 Å². The number of nitrogens with one attached hydrogen (secondary N) is 1. The average Bonchev–Trinajstić information content (AvgIpc) is 2.75. The molecule has 0 aromatic heterocycles. The summed E-state index contributed by atoms with van der Waals surface area (Å²) in [5.41, 5.74) is 0. The Labute approximate surface area is 108 Å². The molecule has 0 aromatic carbocycles. The first kappa shape index (κ1) is 15.0. The van der Waals surface area contributed by atoms with Gasteiger partial charge < -0.3 is 10.2 Å². The van der Waals surface area contributed by atoms with Gasteiger partial charge in [0, 0.05) is 12.6 Å². The molecule has 1 saturated heterocycles. The Kier molecular flexibility index (Phi) is 7.87. The van der Waals surface area contributed by atoms with E-state index >= 15 is 0 Å². The molecule has 1 atom stereocenters. The summed E-state index contributed by atoms with van der Waals surface area (Å²) in [6, 6.07) is 0.644. The Hall–Kier alpha value is -0.0800. The smallest absolute Gasteiger partial charge is 0.00103 e. The van der Waals surface area contributed by atoms with Crippen LogP contribution in [0.5, 0.6) is 0 Å². The summed E-state index contributed by atoms with van der Waals surface area (Å²) in [5, 5.41) is 3.48. The Morgan fingerprint density at radius 3 is 2.59 bits per heavy atom.